The Morgan fingerprint density at radius 2 is 1.88 bits per heavy atom. The fourth-order valence-electron chi connectivity index (χ4n) is 2.70. The predicted molar refractivity (Wildman–Crippen MR) is 87.5 cm³/mol. The second kappa shape index (κ2) is 10.0. The Balaban J connectivity index is 2.86. The van der Waals surface area contributed by atoms with E-state index in [0.29, 0.717) is 0 Å². The lowest BCUT2D eigenvalue weighted by Crippen LogP contribution is -2.61. The molecule has 6 atom stereocenters. The summed E-state index contributed by atoms with van der Waals surface area (Å²) < 4.78 is 21.6. The van der Waals surface area contributed by atoms with Gasteiger partial charge in [-0.05, 0) is 26.7 Å². The number of hydrogen-bond donors (Lipinski definition) is 2. The molecule has 8 nitrogen and oxygen atoms in total. The van der Waals surface area contributed by atoms with Crippen LogP contribution in [0, 0.1) is 17.2 Å². The monoisotopic (exact) mass is 359 g/mol. The molecule has 0 bridgehead atoms. The number of hydrogen-bond acceptors (Lipinski definition) is 8. The number of rotatable bonds is 8. The van der Waals surface area contributed by atoms with E-state index in [2.05, 4.69) is 0 Å². The van der Waals surface area contributed by atoms with Crippen molar-refractivity contribution in [2.45, 2.75) is 77.3 Å². The van der Waals surface area contributed by atoms with Gasteiger partial charge in [0.2, 0.25) is 6.10 Å². The fourth-order valence-corrected chi connectivity index (χ4v) is 2.70. The average molecular weight is 359 g/mol. The van der Waals surface area contributed by atoms with Gasteiger partial charge in [0.25, 0.3) is 0 Å². The normalized spacial score (nSPS) is 31.0. The van der Waals surface area contributed by atoms with Crippen molar-refractivity contribution in [3.8, 4) is 6.07 Å². The molecule has 0 radical (unpaired) electrons. The number of aliphatic hydroxyl groups excluding tert-OH is 2. The molecule has 25 heavy (non-hydrogen) atoms. The molecule has 0 aliphatic carbocycles. The Bertz CT molecular complexity index is 462. The molecule has 1 saturated heterocycles. The first-order valence-corrected chi connectivity index (χ1v) is 8.57. The van der Waals surface area contributed by atoms with E-state index in [1.165, 1.54) is 0 Å². The highest BCUT2D eigenvalue weighted by atomic mass is 16.6. The summed E-state index contributed by atoms with van der Waals surface area (Å²) in [5.41, 5.74) is 0. The van der Waals surface area contributed by atoms with Gasteiger partial charge < -0.3 is 29.2 Å². The first-order valence-electron chi connectivity index (χ1n) is 8.57. The zero-order chi connectivity index (χ0) is 19.1. The topological polar surface area (TPSA) is 118 Å². The summed E-state index contributed by atoms with van der Waals surface area (Å²) in [6.07, 6.45) is -6.06. The first kappa shape index (κ1) is 21.8. The minimum Gasteiger partial charge on any atom is -0.463 e. The third-order valence-corrected chi connectivity index (χ3v) is 3.85. The third-order valence-electron chi connectivity index (χ3n) is 3.85. The summed E-state index contributed by atoms with van der Waals surface area (Å²) in [6.45, 7) is 8.93. The lowest BCUT2D eigenvalue weighted by molar-refractivity contribution is -0.260. The molecule has 0 aromatic rings. The number of ether oxygens (including phenoxy) is 4. The number of esters is 1. The highest BCUT2D eigenvalue weighted by molar-refractivity contribution is 5.77. The van der Waals surface area contributed by atoms with Crippen LogP contribution in [0.15, 0.2) is 0 Å². The lowest BCUT2D eigenvalue weighted by atomic mass is 9.89. The van der Waals surface area contributed by atoms with Gasteiger partial charge in [0.1, 0.15) is 30.5 Å². The quantitative estimate of drug-likeness (QED) is 0.598. The molecule has 1 fully saturated rings. The molecule has 2 N–H and O–H groups in total. The summed E-state index contributed by atoms with van der Waals surface area (Å²) in [5, 5.41) is 29.8. The van der Waals surface area contributed by atoms with Gasteiger partial charge >= 0.3 is 5.97 Å². The van der Waals surface area contributed by atoms with E-state index in [9.17, 15) is 15.0 Å². The summed E-state index contributed by atoms with van der Waals surface area (Å²) in [5.74, 6) is -0.827. The van der Waals surface area contributed by atoms with Gasteiger partial charge in [-0.3, -0.25) is 0 Å². The highest BCUT2D eigenvalue weighted by Crippen LogP contribution is 2.28. The van der Waals surface area contributed by atoms with Crippen LogP contribution in [0.2, 0.25) is 0 Å². The molecule has 8 heteroatoms. The molecule has 3 unspecified atom stereocenters. The zero-order valence-corrected chi connectivity index (χ0v) is 15.4. The zero-order valence-electron chi connectivity index (χ0n) is 15.4. The lowest BCUT2D eigenvalue weighted by Gasteiger charge is -2.44. The van der Waals surface area contributed by atoms with Crippen LogP contribution < -0.4 is 0 Å². The standard InChI is InChI=1S/C17H29NO7/c1-6-22-17(21)11(7-18)23-8-12-16(24-10(4)5)14(20)13(19)15(25-12)9(2)3/h9-16,19-20H,6,8H2,1-5H3/t11?,12?,13?,14-,15+,16-/m1/s1. The molecule has 0 spiro atoms. The van der Waals surface area contributed by atoms with Crippen molar-refractivity contribution in [3.05, 3.63) is 0 Å². The third kappa shape index (κ3) is 5.90. The molecular formula is C17H29NO7. The largest absolute Gasteiger partial charge is 0.463 e. The maximum atomic E-state index is 11.7. The van der Waals surface area contributed by atoms with Crippen LogP contribution >= 0.6 is 0 Å². The van der Waals surface area contributed by atoms with Gasteiger partial charge in [-0.15, -0.1) is 0 Å². The van der Waals surface area contributed by atoms with Gasteiger partial charge in [0.05, 0.1) is 25.4 Å². The van der Waals surface area contributed by atoms with Crippen LogP contribution in [0.5, 0.6) is 0 Å². The number of carbonyl (C=O) groups excluding carboxylic acids is 1. The molecule has 1 aliphatic heterocycles. The van der Waals surface area contributed by atoms with E-state index in [4.69, 9.17) is 24.2 Å². The van der Waals surface area contributed by atoms with Gasteiger partial charge in [-0.25, -0.2) is 4.79 Å². The average Bonchev–Trinajstić information content (AvgIpc) is 2.53. The van der Waals surface area contributed by atoms with Crippen molar-refractivity contribution < 1.29 is 34.0 Å². The van der Waals surface area contributed by atoms with Crippen LogP contribution in [0.4, 0.5) is 0 Å². The molecule has 144 valence electrons. The van der Waals surface area contributed by atoms with Crippen LogP contribution in [0.3, 0.4) is 0 Å². The van der Waals surface area contributed by atoms with Gasteiger partial charge in [0.15, 0.2) is 0 Å². The maximum Gasteiger partial charge on any atom is 0.350 e. The van der Waals surface area contributed by atoms with Crippen molar-refractivity contribution in [2.75, 3.05) is 13.2 Å². The molecule has 0 amide bonds. The van der Waals surface area contributed by atoms with Crippen molar-refractivity contribution >= 4 is 5.97 Å². The van der Waals surface area contributed by atoms with E-state index < -0.39 is 42.6 Å². The van der Waals surface area contributed by atoms with E-state index in [-0.39, 0.29) is 25.2 Å². The molecule has 0 saturated carbocycles. The summed E-state index contributed by atoms with van der Waals surface area (Å²) in [6, 6.07) is 1.73. The van der Waals surface area contributed by atoms with Crippen LogP contribution in [-0.4, -0.2) is 72.1 Å². The molecule has 1 heterocycles. The Kier molecular flexibility index (Phi) is 8.76. The van der Waals surface area contributed by atoms with E-state index in [0.717, 1.165) is 0 Å². The van der Waals surface area contributed by atoms with Crippen molar-refractivity contribution in [3.63, 3.8) is 0 Å². The predicted octanol–water partition coefficient (Wildman–Crippen LogP) is 0.397. The maximum absolute atomic E-state index is 11.7. The molecule has 1 aliphatic rings. The Hall–Kier alpha value is -1.24. The SMILES string of the molecule is CCOC(=O)C(C#N)OCC1O[C@@H](C(C)C)C(O)[C@@H](O)[C@@H]1OC(C)C. The van der Waals surface area contributed by atoms with Crippen LogP contribution in [-0.2, 0) is 23.7 Å². The van der Waals surface area contributed by atoms with E-state index in [1.807, 2.05) is 13.8 Å². The van der Waals surface area contributed by atoms with Gasteiger partial charge in [-0.1, -0.05) is 13.8 Å². The Labute approximate surface area is 148 Å². The smallest absolute Gasteiger partial charge is 0.350 e. The van der Waals surface area contributed by atoms with Crippen molar-refractivity contribution in [2.24, 2.45) is 5.92 Å². The van der Waals surface area contributed by atoms with Crippen LogP contribution in [0.1, 0.15) is 34.6 Å². The fraction of sp³-hybridized carbons (Fsp3) is 0.882. The van der Waals surface area contributed by atoms with Gasteiger partial charge in [-0.2, -0.15) is 5.26 Å². The van der Waals surface area contributed by atoms with Crippen LogP contribution in [0.25, 0.3) is 0 Å². The minimum absolute atomic E-state index is 0.0519. The number of carbonyl (C=O) groups is 1. The second-order valence-corrected chi connectivity index (χ2v) is 6.61. The van der Waals surface area contributed by atoms with Crippen molar-refractivity contribution in [1.82, 2.24) is 0 Å². The Morgan fingerprint density at radius 1 is 1.24 bits per heavy atom. The molecule has 1 rings (SSSR count). The summed E-state index contributed by atoms with van der Waals surface area (Å²) in [4.78, 5) is 11.7. The van der Waals surface area contributed by atoms with E-state index in [1.54, 1.807) is 26.8 Å². The molecule has 0 aromatic carbocycles. The number of nitriles is 1. The minimum atomic E-state index is -1.38. The van der Waals surface area contributed by atoms with Crippen molar-refractivity contribution in [1.29, 1.82) is 5.26 Å². The number of aliphatic hydroxyl groups is 2. The van der Waals surface area contributed by atoms with E-state index >= 15 is 0 Å². The Morgan fingerprint density at radius 3 is 2.36 bits per heavy atom. The summed E-state index contributed by atoms with van der Waals surface area (Å²) >= 11 is 0. The highest BCUT2D eigenvalue weighted by Gasteiger charge is 2.46. The molecule has 0 aromatic heterocycles. The molecular weight excluding hydrogens is 330 g/mol. The summed E-state index contributed by atoms with van der Waals surface area (Å²) in [7, 11) is 0. The van der Waals surface area contributed by atoms with Gasteiger partial charge in [0, 0.05) is 0 Å². The second-order valence-electron chi connectivity index (χ2n) is 6.61. The number of nitrogens with zero attached hydrogens (tertiary/aromatic N) is 1. The first-order chi connectivity index (χ1) is 11.7.